The van der Waals surface area contributed by atoms with Crippen LogP contribution in [0.4, 0.5) is 17.2 Å². The number of carboxylic acids is 1. The number of ether oxygens (including phenoxy) is 1. The number of benzene rings is 1. The van der Waals surface area contributed by atoms with Gasteiger partial charge in [-0.15, -0.1) is 0 Å². The first-order valence-electron chi connectivity index (χ1n) is 6.96. The summed E-state index contributed by atoms with van der Waals surface area (Å²) in [5, 5.41) is 20.2. The lowest BCUT2D eigenvalue weighted by atomic mass is 10.1. The van der Waals surface area contributed by atoms with Crippen LogP contribution in [0, 0.1) is 5.41 Å². The molecular weight excluding hydrogens is 392 g/mol. The van der Waals surface area contributed by atoms with E-state index in [2.05, 4.69) is 36.2 Å². The van der Waals surface area contributed by atoms with Gasteiger partial charge in [0, 0.05) is 23.5 Å². The third-order valence-corrected chi connectivity index (χ3v) is 4.35. The normalized spacial score (nSPS) is 10.6. The smallest absolute Gasteiger partial charge is 0.353 e. The Labute approximate surface area is 149 Å². The maximum absolute atomic E-state index is 11.3. The van der Waals surface area contributed by atoms with Gasteiger partial charge in [0.15, 0.2) is 0 Å². The van der Waals surface area contributed by atoms with Crippen molar-refractivity contribution in [3.63, 3.8) is 0 Å². The average molecular weight is 405 g/mol. The molecule has 0 aliphatic carbocycles. The van der Waals surface area contributed by atoms with Gasteiger partial charge in [-0.05, 0) is 22.0 Å². The number of nitrogen functional groups attached to an aromatic ring is 1. The predicted molar refractivity (Wildman–Crippen MR) is 97.1 cm³/mol. The van der Waals surface area contributed by atoms with Gasteiger partial charge >= 0.3 is 5.97 Å². The molecule has 0 amide bonds. The Morgan fingerprint density at radius 2 is 2.24 bits per heavy atom. The zero-order valence-electron chi connectivity index (χ0n) is 12.9. The van der Waals surface area contributed by atoms with E-state index < -0.39 is 5.97 Å². The van der Waals surface area contributed by atoms with Crippen LogP contribution in [-0.4, -0.2) is 39.4 Å². The van der Waals surface area contributed by atoms with Gasteiger partial charge in [-0.3, -0.25) is 0 Å². The Morgan fingerprint density at radius 3 is 2.88 bits per heavy atom. The quantitative estimate of drug-likeness (QED) is 0.324. The second-order valence-electron chi connectivity index (χ2n) is 5.02. The molecule has 9 nitrogen and oxygen atoms in total. The van der Waals surface area contributed by atoms with E-state index >= 15 is 0 Å². The molecule has 2 heterocycles. The molecule has 1 aromatic carbocycles. The lowest BCUT2D eigenvalue weighted by Crippen LogP contribution is -2.01. The third-order valence-electron chi connectivity index (χ3n) is 3.56. The van der Waals surface area contributed by atoms with E-state index in [1.165, 1.54) is 13.4 Å². The number of carbonyl (C=O) groups is 1. The summed E-state index contributed by atoms with van der Waals surface area (Å²) in [4.78, 5) is 22.2. The molecule has 0 fully saturated rings. The molecule has 0 aliphatic rings. The molecule has 10 heteroatoms. The minimum atomic E-state index is -1.12. The predicted octanol–water partition coefficient (Wildman–Crippen LogP) is 2.75. The number of aromatic carboxylic acids is 1. The number of fused-ring (bicyclic) bond motifs is 1. The lowest BCUT2D eigenvalue weighted by molar-refractivity contribution is 0.0690. The van der Waals surface area contributed by atoms with Crippen LogP contribution >= 0.6 is 15.9 Å². The SMILES string of the molecule is COc1cc(N)c(C=N)cc1Nc1ncnc2[nH]c(C(=O)O)c(Br)c12. The van der Waals surface area contributed by atoms with Crippen molar-refractivity contribution in [3.05, 3.63) is 34.2 Å². The summed E-state index contributed by atoms with van der Waals surface area (Å²) in [6, 6.07) is 3.24. The molecule has 0 aliphatic heterocycles. The maximum atomic E-state index is 11.3. The van der Waals surface area contributed by atoms with E-state index in [4.69, 9.17) is 15.9 Å². The fraction of sp³-hybridized carbons (Fsp3) is 0.0667. The van der Waals surface area contributed by atoms with E-state index in [0.29, 0.717) is 44.0 Å². The summed E-state index contributed by atoms with van der Waals surface area (Å²) < 4.78 is 5.64. The Morgan fingerprint density at radius 1 is 1.48 bits per heavy atom. The summed E-state index contributed by atoms with van der Waals surface area (Å²) in [5.74, 6) is -0.286. The molecule has 0 atom stereocenters. The van der Waals surface area contributed by atoms with E-state index in [1.807, 2.05) is 0 Å². The van der Waals surface area contributed by atoms with Gasteiger partial charge in [-0.2, -0.15) is 0 Å². The van der Waals surface area contributed by atoms with E-state index in [-0.39, 0.29) is 5.69 Å². The van der Waals surface area contributed by atoms with Crippen molar-refractivity contribution in [1.82, 2.24) is 15.0 Å². The Kier molecular flexibility index (Phi) is 4.28. The molecule has 128 valence electrons. The first-order chi connectivity index (χ1) is 12.0. The molecule has 0 bridgehead atoms. The summed E-state index contributed by atoms with van der Waals surface area (Å²) >= 11 is 3.27. The molecule has 0 saturated carbocycles. The molecule has 25 heavy (non-hydrogen) atoms. The molecule has 0 radical (unpaired) electrons. The van der Waals surface area contributed by atoms with Crippen LogP contribution in [-0.2, 0) is 0 Å². The summed E-state index contributed by atoms with van der Waals surface area (Å²) in [5.41, 5.74) is 7.64. The van der Waals surface area contributed by atoms with E-state index in [1.54, 1.807) is 12.1 Å². The number of nitrogens with zero attached hydrogens (tertiary/aromatic N) is 2. The molecule has 0 saturated heterocycles. The largest absolute Gasteiger partial charge is 0.494 e. The zero-order valence-corrected chi connectivity index (χ0v) is 14.5. The summed E-state index contributed by atoms with van der Waals surface area (Å²) in [7, 11) is 1.49. The summed E-state index contributed by atoms with van der Waals surface area (Å²) in [6.07, 6.45) is 2.44. The number of carboxylic acid groups (broad SMARTS) is 1. The summed E-state index contributed by atoms with van der Waals surface area (Å²) in [6.45, 7) is 0. The van der Waals surface area contributed by atoms with Crippen molar-refractivity contribution >= 4 is 56.3 Å². The minimum Gasteiger partial charge on any atom is -0.494 e. The standard InChI is InChI=1S/C15H13BrN6O3/c1-25-9-3-7(18)6(4-17)2-8(9)21-13-10-11(16)12(15(23)24)22-14(10)20-5-19-13/h2-5,17H,18H2,1H3,(H,23,24)(H2,19,20,21,22). The fourth-order valence-corrected chi connectivity index (χ4v) is 3.00. The topological polar surface area (TPSA) is 150 Å². The second kappa shape index (κ2) is 6.40. The number of nitrogens with one attached hydrogen (secondary N) is 3. The monoisotopic (exact) mass is 404 g/mol. The number of hydrogen-bond donors (Lipinski definition) is 5. The molecule has 3 aromatic rings. The van der Waals surface area contributed by atoms with Gasteiger partial charge in [-0.1, -0.05) is 0 Å². The van der Waals surface area contributed by atoms with Gasteiger partial charge < -0.3 is 31.3 Å². The highest BCUT2D eigenvalue weighted by atomic mass is 79.9. The van der Waals surface area contributed by atoms with Gasteiger partial charge in [0.1, 0.15) is 29.2 Å². The number of halogens is 1. The highest BCUT2D eigenvalue weighted by Gasteiger charge is 2.20. The van der Waals surface area contributed by atoms with Crippen LogP contribution in [0.1, 0.15) is 16.1 Å². The number of H-pyrrole nitrogens is 1. The number of methoxy groups -OCH3 is 1. The number of aromatic nitrogens is 3. The van der Waals surface area contributed by atoms with Crippen LogP contribution < -0.4 is 15.8 Å². The first-order valence-corrected chi connectivity index (χ1v) is 7.76. The molecular formula is C15H13BrN6O3. The van der Waals surface area contributed by atoms with E-state index in [0.717, 1.165) is 6.21 Å². The lowest BCUT2D eigenvalue weighted by Gasteiger charge is -2.13. The number of aromatic amines is 1. The van der Waals surface area contributed by atoms with Gasteiger partial charge in [0.2, 0.25) is 0 Å². The maximum Gasteiger partial charge on any atom is 0.353 e. The van der Waals surface area contributed by atoms with Crippen molar-refractivity contribution in [3.8, 4) is 5.75 Å². The number of rotatable bonds is 5. The Bertz CT molecular complexity index is 1000. The number of hydrogen-bond acceptors (Lipinski definition) is 7. The Balaban J connectivity index is 2.16. The fourth-order valence-electron chi connectivity index (χ4n) is 2.36. The molecule has 0 spiro atoms. The third kappa shape index (κ3) is 2.87. The van der Waals surface area contributed by atoms with Crippen molar-refractivity contribution in [2.75, 3.05) is 18.2 Å². The highest BCUT2D eigenvalue weighted by Crippen LogP contribution is 2.36. The first kappa shape index (κ1) is 16.7. The van der Waals surface area contributed by atoms with E-state index in [9.17, 15) is 9.90 Å². The van der Waals surface area contributed by atoms with Crippen molar-refractivity contribution in [1.29, 1.82) is 5.41 Å². The van der Waals surface area contributed by atoms with Gasteiger partial charge in [0.05, 0.1) is 22.7 Å². The molecule has 0 unspecified atom stereocenters. The van der Waals surface area contributed by atoms with Crippen molar-refractivity contribution in [2.24, 2.45) is 0 Å². The zero-order chi connectivity index (χ0) is 18.1. The molecule has 2 aromatic heterocycles. The van der Waals surface area contributed by atoms with Crippen molar-refractivity contribution < 1.29 is 14.6 Å². The van der Waals surface area contributed by atoms with Gasteiger partial charge in [0.25, 0.3) is 0 Å². The second-order valence-corrected chi connectivity index (χ2v) is 5.81. The Hall–Kier alpha value is -3.14. The van der Waals surface area contributed by atoms with Gasteiger partial charge in [-0.25, -0.2) is 14.8 Å². The molecule has 6 N–H and O–H groups in total. The van der Waals surface area contributed by atoms with Crippen LogP contribution in [0.25, 0.3) is 11.0 Å². The average Bonchev–Trinajstić information content (AvgIpc) is 2.94. The van der Waals surface area contributed by atoms with Crippen LogP contribution in [0.15, 0.2) is 22.9 Å². The minimum absolute atomic E-state index is 0.0250. The van der Waals surface area contributed by atoms with Crippen LogP contribution in [0.5, 0.6) is 5.75 Å². The number of nitrogens with two attached hydrogens (primary N) is 1. The van der Waals surface area contributed by atoms with Crippen LogP contribution in [0.2, 0.25) is 0 Å². The molecule has 3 rings (SSSR count). The highest BCUT2D eigenvalue weighted by molar-refractivity contribution is 9.10. The number of anilines is 3. The van der Waals surface area contributed by atoms with Crippen molar-refractivity contribution in [2.45, 2.75) is 0 Å². The van der Waals surface area contributed by atoms with Crippen LogP contribution in [0.3, 0.4) is 0 Å².